The predicted molar refractivity (Wildman–Crippen MR) is 78.3 cm³/mol. The molecule has 0 aliphatic heterocycles. The minimum atomic E-state index is 0.0616. The molecule has 0 spiro atoms. The Labute approximate surface area is 122 Å². The van der Waals surface area contributed by atoms with Crippen LogP contribution in [0.5, 0.6) is 0 Å². The molecule has 21 heavy (non-hydrogen) atoms. The summed E-state index contributed by atoms with van der Waals surface area (Å²) in [4.78, 5) is 8.38. The molecule has 0 fully saturated rings. The molecular weight excluding hydrogens is 266 g/mol. The first kappa shape index (κ1) is 13.2. The fraction of sp³-hybridized carbons (Fsp3) is 0.214. The van der Waals surface area contributed by atoms with Crippen molar-refractivity contribution < 1.29 is 0 Å². The third kappa shape index (κ3) is 2.86. The highest BCUT2D eigenvalue weighted by molar-refractivity contribution is 5.62. The van der Waals surface area contributed by atoms with Gasteiger partial charge in [0.15, 0.2) is 5.82 Å². The molecule has 0 amide bonds. The number of hydrogen-bond acceptors (Lipinski definition) is 6. The van der Waals surface area contributed by atoms with Crippen molar-refractivity contribution >= 4 is 5.69 Å². The van der Waals surface area contributed by atoms with E-state index in [1.807, 2.05) is 38.2 Å². The normalized spacial score (nSPS) is 12.1. The van der Waals surface area contributed by atoms with Crippen molar-refractivity contribution in [3.8, 4) is 11.4 Å². The Morgan fingerprint density at radius 3 is 2.86 bits per heavy atom. The zero-order valence-electron chi connectivity index (χ0n) is 11.8. The number of hydrogen-bond donors (Lipinski definition) is 1. The molecule has 0 bridgehead atoms. The Morgan fingerprint density at radius 2 is 2.14 bits per heavy atom. The average molecular weight is 281 g/mol. The number of nitrogens with one attached hydrogen (secondary N) is 1. The molecule has 0 saturated heterocycles. The smallest absolute Gasteiger partial charge is 0.181 e. The third-order valence-corrected chi connectivity index (χ3v) is 3.15. The molecule has 2 heterocycles. The minimum Gasteiger partial charge on any atom is -0.377 e. The molecule has 106 valence electrons. The van der Waals surface area contributed by atoms with Gasteiger partial charge in [-0.2, -0.15) is 0 Å². The summed E-state index contributed by atoms with van der Waals surface area (Å²) in [6.45, 7) is 2.04. The van der Waals surface area contributed by atoms with Gasteiger partial charge in [0.2, 0.25) is 0 Å². The highest BCUT2D eigenvalue weighted by Crippen LogP contribution is 2.22. The molecule has 3 aromatic rings. The number of tetrazole rings is 1. The van der Waals surface area contributed by atoms with Crippen LogP contribution < -0.4 is 5.32 Å². The van der Waals surface area contributed by atoms with Crippen molar-refractivity contribution in [1.82, 2.24) is 30.2 Å². The van der Waals surface area contributed by atoms with Crippen LogP contribution in [0.4, 0.5) is 5.69 Å². The molecule has 1 unspecified atom stereocenters. The lowest BCUT2D eigenvalue weighted by Crippen LogP contribution is -2.08. The fourth-order valence-corrected chi connectivity index (χ4v) is 2.08. The fourth-order valence-electron chi connectivity index (χ4n) is 2.08. The van der Waals surface area contributed by atoms with Crippen LogP contribution in [0.3, 0.4) is 0 Å². The number of aryl methyl sites for hydroxylation is 1. The molecule has 7 heteroatoms. The van der Waals surface area contributed by atoms with Crippen molar-refractivity contribution in [3.63, 3.8) is 0 Å². The van der Waals surface area contributed by atoms with Crippen LogP contribution >= 0.6 is 0 Å². The van der Waals surface area contributed by atoms with E-state index in [4.69, 9.17) is 0 Å². The van der Waals surface area contributed by atoms with Gasteiger partial charge in [-0.3, -0.25) is 9.97 Å². The molecule has 7 nitrogen and oxygen atoms in total. The van der Waals surface area contributed by atoms with Crippen LogP contribution in [-0.2, 0) is 7.05 Å². The summed E-state index contributed by atoms with van der Waals surface area (Å²) in [5, 5.41) is 14.9. The van der Waals surface area contributed by atoms with E-state index in [2.05, 4.69) is 30.8 Å². The summed E-state index contributed by atoms with van der Waals surface area (Å²) in [6.07, 6.45) is 5.11. The largest absolute Gasteiger partial charge is 0.377 e. The first-order valence-electron chi connectivity index (χ1n) is 6.59. The van der Waals surface area contributed by atoms with E-state index in [9.17, 15) is 0 Å². The Kier molecular flexibility index (Phi) is 3.55. The summed E-state index contributed by atoms with van der Waals surface area (Å²) < 4.78 is 1.64. The Bertz CT molecular complexity index is 723. The Morgan fingerprint density at radius 1 is 1.24 bits per heavy atom. The van der Waals surface area contributed by atoms with E-state index in [1.165, 1.54) is 0 Å². The van der Waals surface area contributed by atoms with Crippen molar-refractivity contribution in [2.24, 2.45) is 7.05 Å². The number of rotatable bonds is 4. The van der Waals surface area contributed by atoms with Gasteiger partial charge in [-0.15, -0.1) is 5.10 Å². The SMILES string of the molecule is CC(Nc1cccc(-c2nnnn2C)c1)c1cnccn1. The first-order chi connectivity index (χ1) is 10.2. The second-order valence-corrected chi connectivity index (χ2v) is 4.70. The molecule has 0 radical (unpaired) electrons. The Balaban J connectivity index is 1.82. The van der Waals surface area contributed by atoms with E-state index in [-0.39, 0.29) is 6.04 Å². The van der Waals surface area contributed by atoms with Crippen LogP contribution in [0.1, 0.15) is 18.7 Å². The highest BCUT2D eigenvalue weighted by atomic mass is 15.5. The van der Waals surface area contributed by atoms with E-state index in [0.717, 1.165) is 22.8 Å². The van der Waals surface area contributed by atoms with E-state index < -0.39 is 0 Å². The topological polar surface area (TPSA) is 81.4 Å². The lowest BCUT2D eigenvalue weighted by atomic mass is 10.1. The van der Waals surface area contributed by atoms with Gasteiger partial charge in [0, 0.05) is 30.7 Å². The van der Waals surface area contributed by atoms with Gasteiger partial charge in [0.05, 0.1) is 17.9 Å². The summed E-state index contributed by atoms with van der Waals surface area (Å²) >= 11 is 0. The van der Waals surface area contributed by atoms with E-state index in [1.54, 1.807) is 23.3 Å². The van der Waals surface area contributed by atoms with Crippen LogP contribution in [-0.4, -0.2) is 30.2 Å². The quantitative estimate of drug-likeness (QED) is 0.786. The van der Waals surface area contributed by atoms with Gasteiger partial charge in [-0.1, -0.05) is 12.1 Å². The minimum absolute atomic E-state index is 0.0616. The van der Waals surface area contributed by atoms with Gasteiger partial charge < -0.3 is 5.32 Å². The summed E-state index contributed by atoms with van der Waals surface area (Å²) in [6, 6.07) is 8.02. The van der Waals surface area contributed by atoms with Crippen molar-refractivity contribution in [2.45, 2.75) is 13.0 Å². The first-order valence-corrected chi connectivity index (χ1v) is 6.59. The average Bonchev–Trinajstić information content (AvgIpc) is 2.94. The van der Waals surface area contributed by atoms with Crippen LogP contribution in [0.25, 0.3) is 11.4 Å². The lowest BCUT2D eigenvalue weighted by molar-refractivity contribution is 0.714. The van der Waals surface area contributed by atoms with Crippen molar-refractivity contribution in [3.05, 3.63) is 48.5 Å². The van der Waals surface area contributed by atoms with Crippen LogP contribution in [0.2, 0.25) is 0 Å². The molecule has 1 N–H and O–H groups in total. The summed E-state index contributed by atoms with van der Waals surface area (Å²) in [7, 11) is 1.82. The van der Waals surface area contributed by atoms with Crippen molar-refractivity contribution in [2.75, 3.05) is 5.32 Å². The van der Waals surface area contributed by atoms with E-state index in [0.29, 0.717) is 0 Å². The molecule has 0 aliphatic rings. The lowest BCUT2D eigenvalue weighted by Gasteiger charge is -2.14. The molecule has 2 aromatic heterocycles. The number of aromatic nitrogens is 6. The maximum Gasteiger partial charge on any atom is 0.181 e. The second kappa shape index (κ2) is 5.66. The highest BCUT2D eigenvalue weighted by Gasteiger charge is 2.09. The van der Waals surface area contributed by atoms with Gasteiger partial charge in [-0.05, 0) is 29.5 Å². The van der Waals surface area contributed by atoms with Crippen molar-refractivity contribution in [1.29, 1.82) is 0 Å². The molecule has 3 rings (SSSR count). The van der Waals surface area contributed by atoms with E-state index >= 15 is 0 Å². The number of benzene rings is 1. The van der Waals surface area contributed by atoms with Crippen LogP contribution in [0.15, 0.2) is 42.9 Å². The second-order valence-electron chi connectivity index (χ2n) is 4.70. The summed E-state index contributed by atoms with van der Waals surface area (Å²) in [5.74, 6) is 0.728. The maximum absolute atomic E-state index is 4.30. The zero-order chi connectivity index (χ0) is 14.7. The molecule has 1 atom stereocenters. The van der Waals surface area contributed by atoms with Crippen LogP contribution in [0, 0.1) is 0 Å². The number of anilines is 1. The molecule has 0 saturated carbocycles. The zero-order valence-corrected chi connectivity index (χ0v) is 11.8. The molecule has 0 aliphatic carbocycles. The van der Waals surface area contributed by atoms with Gasteiger partial charge in [0.25, 0.3) is 0 Å². The number of nitrogens with zero attached hydrogens (tertiary/aromatic N) is 6. The Hall–Kier alpha value is -2.83. The van der Waals surface area contributed by atoms with Gasteiger partial charge in [0.1, 0.15) is 0 Å². The van der Waals surface area contributed by atoms with Gasteiger partial charge in [-0.25, -0.2) is 4.68 Å². The maximum atomic E-state index is 4.30. The predicted octanol–water partition coefficient (Wildman–Crippen LogP) is 1.84. The third-order valence-electron chi connectivity index (χ3n) is 3.15. The summed E-state index contributed by atoms with van der Waals surface area (Å²) in [5.41, 5.74) is 2.83. The van der Waals surface area contributed by atoms with Gasteiger partial charge >= 0.3 is 0 Å². The monoisotopic (exact) mass is 281 g/mol. The molecular formula is C14H15N7. The molecule has 1 aromatic carbocycles. The standard InChI is InChI=1S/C14H15N7/c1-10(13-9-15-6-7-16-13)17-12-5-3-4-11(8-12)14-18-19-20-21(14)2/h3-10,17H,1-2H3.